The Kier molecular flexibility index (Phi) is 2.99. The third-order valence-electron chi connectivity index (χ3n) is 3.32. The molecule has 0 unspecified atom stereocenters. The summed E-state index contributed by atoms with van der Waals surface area (Å²) in [5, 5.41) is 2.51. The van der Waals surface area contributed by atoms with Crippen molar-refractivity contribution in [3.05, 3.63) is 0 Å². The van der Waals surface area contributed by atoms with Gasteiger partial charge in [-0.15, -0.1) is 0 Å². The van der Waals surface area contributed by atoms with Gasteiger partial charge in [-0.25, -0.2) is 9.18 Å². The SMILES string of the molecule is CC(C)(C)OC(=O)N1C[C@H]2CCNC(=O)[C@@]2(F)C1. The molecule has 18 heavy (non-hydrogen) atoms. The van der Waals surface area contributed by atoms with Crippen LogP contribution >= 0.6 is 0 Å². The lowest BCUT2D eigenvalue weighted by atomic mass is 9.86. The summed E-state index contributed by atoms with van der Waals surface area (Å²) in [5.41, 5.74) is -2.56. The molecule has 6 heteroatoms. The van der Waals surface area contributed by atoms with Gasteiger partial charge >= 0.3 is 6.09 Å². The average molecular weight is 258 g/mol. The lowest BCUT2D eigenvalue weighted by Crippen LogP contribution is -2.54. The van der Waals surface area contributed by atoms with E-state index < -0.39 is 29.2 Å². The summed E-state index contributed by atoms with van der Waals surface area (Å²) in [6.07, 6.45) is 0.00312. The summed E-state index contributed by atoms with van der Waals surface area (Å²) in [6.45, 7) is 5.78. The van der Waals surface area contributed by atoms with Gasteiger partial charge in [0.25, 0.3) is 5.91 Å². The van der Waals surface area contributed by atoms with Crippen LogP contribution in [0.25, 0.3) is 0 Å². The second kappa shape index (κ2) is 4.10. The average Bonchev–Trinajstić information content (AvgIpc) is 2.56. The van der Waals surface area contributed by atoms with Crippen molar-refractivity contribution in [1.29, 1.82) is 0 Å². The number of nitrogens with zero attached hydrogens (tertiary/aromatic N) is 1. The molecule has 1 N–H and O–H groups in total. The number of ether oxygens (including phenoxy) is 1. The van der Waals surface area contributed by atoms with Gasteiger partial charge in [0.1, 0.15) is 5.60 Å². The van der Waals surface area contributed by atoms with Crippen LogP contribution in [0.4, 0.5) is 9.18 Å². The second-order valence-corrected chi connectivity index (χ2v) is 5.96. The Morgan fingerprint density at radius 1 is 1.56 bits per heavy atom. The van der Waals surface area contributed by atoms with Crippen molar-refractivity contribution in [2.45, 2.75) is 38.5 Å². The molecular formula is C12H19FN2O3. The fourth-order valence-corrected chi connectivity index (χ4v) is 2.43. The van der Waals surface area contributed by atoms with Gasteiger partial charge in [-0.1, -0.05) is 0 Å². The van der Waals surface area contributed by atoms with Crippen LogP contribution in [0.5, 0.6) is 0 Å². The Hall–Kier alpha value is -1.33. The number of halogens is 1. The van der Waals surface area contributed by atoms with Gasteiger partial charge in [0, 0.05) is 19.0 Å². The van der Waals surface area contributed by atoms with E-state index in [9.17, 15) is 14.0 Å². The zero-order valence-electron chi connectivity index (χ0n) is 11.0. The van der Waals surface area contributed by atoms with E-state index in [0.717, 1.165) is 0 Å². The molecule has 102 valence electrons. The van der Waals surface area contributed by atoms with E-state index in [1.807, 2.05) is 0 Å². The molecule has 2 aliphatic rings. The van der Waals surface area contributed by atoms with Gasteiger partial charge in [-0.2, -0.15) is 0 Å². The molecular weight excluding hydrogens is 239 g/mol. The minimum Gasteiger partial charge on any atom is -0.444 e. The molecule has 2 fully saturated rings. The summed E-state index contributed by atoms with van der Waals surface area (Å²) in [5.74, 6) is -1.02. The fourth-order valence-electron chi connectivity index (χ4n) is 2.43. The van der Waals surface area contributed by atoms with Crippen molar-refractivity contribution in [2.75, 3.05) is 19.6 Å². The van der Waals surface area contributed by atoms with E-state index >= 15 is 0 Å². The van der Waals surface area contributed by atoms with Crippen LogP contribution in [0, 0.1) is 5.92 Å². The number of carbonyl (C=O) groups excluding carboxylic acids is 2. The molecule has 2 aliphatic heterocycles. The van der Waals surface area contributed by atoms with Crippen LogP contribution in [0.15, 0.2) is 0 Å². The van der Waals surface area contributed by atoms with Gasteiger partial charge < -0.3 is 15.0 Å². The highest BCUT2D eigenvalue weighted by Crippen LogP contribution is 2.36. The maximum absolute atomic E-state index is 14.5. The Balaban J connectivity index is 2.07. The third kappa shape index (κ3) is 2.28. The molecule has 2 saturated heterocycles. The Morgan fingerprint density at radius 3 is 2.78 bits per heavy atom. The molecule has 0 bridgehead atoms. The molecule has 2 amide bonds. The quantitative estimate of drug-likeness (QED) is 0.707. The fraction of sp³-hybridized carbons (Fsp3) is 0.833. The number of amides is 2. The highest BCUT2D eigenvalue weighted by atomic mass is 19.1. The number of fused-ring (bicyclic) bond motifs is 1. The first-order valence-corrected chi connectivity index (χ1v) is 6.17. The Labute approximate surface area is 106 Å². The van der Waals surface area contributed by atoms with Gasteiger partial charge in [0.15, 0.2) is 0 Å². The summed E-state index contributed by atoms with van der Waals surface area (Å²) in [6, 6.07) is 0. The van der Waals surface area contributed by atoms with Gasteiger partial charge in [0.05, 0.1) is 6.54 Å². The van der Waals surface area contributed by atoms with E-state index in [0.29, 0.717) is 13.0 Å². The van der Waals surface area contributed by atoms with Crippen LogP contribution < -0.4 is 5.32 Å². The molecule has 0 aromatic heterocycles. The van der Waals surface area contributed by atoms with Crippen molar-refractivity contribution in [3.8, 4) is 0 Å². The van der Waals surface area contributed by atoms with Crippen LogP contribution in [-0.2, 0) is 9.53 Å². The molecule has 2 atom stereocenters. The largest absolute Gasteiger partial charge is 0.444 e. The number of carbonyl (C=O) groups is 2. The van der Waals surface area contributed by atoms with Gasteiger partial charge in [-0.3, -0.25) is 4.79 Å². The summed E-state index contributed by atoms with van der Waals surface area (Å²) in [7, 11) is 0. The molecule has 0 saturated carbocycles. The molecule has 2 rings (SSSR count). The second-order valence-electron chi connectivity index (χ2n) is 5.96. The number of piperidine rings is 1. The van der Waals surface area contributed by atoms with Crippen LogP contribution in [0.2, 0.25) is 0 Å². The van der Waals surface area contributed by atoms with Crippen molar-refractivity contribution in [3.63, 3.8) is 0 Å². The number of nitrogens with one attached hydrogen (secondary N) is 1. The number of likely N-dealkylation sites (tertiary alicyclic amines) is 1. The summed E-state index contributed by atoms with van der Waals surface area (Å²) in [4.78, 5) is 24.7. The maximum atomic E-state index is 14.5. The highest BCUT2D eigenvalue weighted by molar-refractivity contribution is 5.88. The standard InChI is InChI=1S/C12H19FN2O3/c1-11(2,3)18-10(17)15-6-8-4-5-14-9(16)12(8,13)7-15/h8H,4-7H2,1-3H3,(H,14,16)/t8-,12-/m1/s1. The summed E-state index contributed by atoms with van der Waals surface area (Å²) >= 11 is 0. The number of hydrogen-bond donors (Lipinski definition) is 1. The molecule has 5 nitrogen and oxygen atoms in total. The van der Waals surface area contributed by atoms with Crippen molar-refractivity contribution in [2.24, 2.45) is 5.92 Å². The molecule has 0 radical (unpaired) electrons. The first-order valence-electron chi connectivity index (χ1n) is 6.17. The number of alkyl halides is 1. The van der Waals surface area contributed by atoms with Crippen molar-refractivity contribution in [1.82, 2.24) is 10.2 Å². The molecule has 0 aliphatic carbocycles. The Bertz CT molecular complexity index is 380. The maximum Gasteiger partial charge on any atom is 0.410 e. The Morgan fingerprint density at radius 2 is 2.22 bits per heavy atom. The van der Waals surface area contributed by atoms with Crippen LogP contribution in [-0.4, -0.2) is 47.8 Å². The molecule has 0 aromatic carbocycles. The van der Waals surface area contributed by atoms with Gasteiger partial charge in [-0.05, 0) is 27.2 Å². The van der Waals surface area contributed by atoms with E-state index in [1.165, 1.54) is 4.90 Å². The minimum absolute atomic E-state index is 0.210. The topological polar surface area (TPSA) is 58.6 Å². The third-order valence-corrected chi connectivity index (χ3v) is 3.32. The van der Waals surface area contributed by atoms with E-state index in [4.69, 9.17) is 4.74 Å². The predicted octanol–water partition coefficient (Wildman–Crippen LogP) is 1.08. The highest BCUT2D eigenvalue weighted by Gasteiger charge is 2.56. The molecule has 0 aromatic rings. The zero-order chi connectivity index (χ0) is 13.6. The number of hydrogen-bond acceptors (Lipinski definition) is 3. The monoisotopic (exact) mass is 258 g/mol. The predicted molar refractivity (Wildman–Crippen MR) is 62.8 cm³/mol. The van der Waals surface area contributed by atoms with Crippen molar-refractivity contribution >= 4 is 12.0 Å². The molecule has 0 spiro atoms. The minimum atomic E-state index is -1.95. The van der Waals surface area contributed by atoms with E-state index in [1.54, 1.807) is 20.8 Å². The van der Waals surface area contributed by atoms with Crippen molar-refractivity contribution < 1.29 is 18.7 Å². The lowest BCUT2D eigenvalue weighted by molar-refractivity contribution is -0.137. The van der Waals surface area contributed by atoms with E-state index in [-0.39, 0.29) is 13.1 Å². The lowest BCUT2D eigenvalue weighted by Gasteiger charge is -2.29. The van der Waals surface area contributed by atoms with E-state index in [2.05, 4.69) is 5.32 Å². The van der Waals surface area contributed by atoms with Crippen LogP contribution in [0.1, 0.15) is 27.2 Å². The number of rotatable bonds is 0. The summed E-state index contributed by atoms with van der Waals surface area (Å²) < 4.78 is 19.7. The normalized spacial score (nSPS) is 31.9. The first-order chi connectivity index (χ1) is 8.22. The smallest absolute Gasteiger partial charge is 0.410 e. The van der Waals surface area contributed by atoms with Crippen LogP contribution in [0.3, 0.4) is 0 Å². The molecule has 2 heterocycles. The van der Waals surface area contributed by atoms with Gasteiger partial charge in [0.2, 0.25) is 5.67 Å². The zero-order valence-corrected chi connectivity index (χ0v) is 11.0. The first kappa shape index (κ1) is 13.1.